The molecule has 0 saturated heterocycles. The summed E-state index contributed by atoms with van der Waals surface area (Å²) >= 11 is 1.59. The largest absolute Gasteiger partial charge is 0.496 e. The molecule has 0 unspecified atom stereocenters. The Hall–Kier alpha value is -1.95. The Morgan fingerprint density at radius 2 is 2.09 bits per heavy atom. The number of methoxy groups -OCH3 is 1. The first-order valence-corrected chi connectivity index (χ1v) is 8.10. The zero-order chi connectivity index (χ0) is 15.9. The van der Waals surface area contributed by atoms with Gasteiger partial charge < -0.3 is 4.74 Å². The molecule has 22 heavy (non-hydrogen) atoms. The fraction of sp³-hybridized carbons (Fsp3) is 0.375. The Morgan fingerprint density at radius 3 is 2.77 bits per heavy atom. The van der Waals surface area contributed by atoms with Gasteiger partial charge >= 0.3 is 0 Å². The van der Waals surface area contributed by atoms with Crippen molar-refractivity contribution >= 4 is 22.6 Å². The SMILES string of the molecule is COc1ccccc1[C@H]1SC(C)=Nc2c1c(=O)[nH]n2C(C)C. The molecule has 0 aliphatic carbocycles. The third kappa shape index (κ3) is 2.37. The van der Waals surface area contributed by atoms with Gasteiger partial charge in [-0.2, -0.15) is 0 Å². The van der Waals surface area contributed by atoms with Crippen molar-refractivity contribution in [1.29, 1.82) is 0 Å². The second kappa shape index (κ2) is 5.68. The van der Waals surface area contributed by atoms with Gasteiger partial charge in [0.15, 0.2) is 5.82 Å². The zero-order valence-electron chi connectivity index (χ0n) is 13.1. The molecule has 0 bridgehead atoms. The number of nitrogens with one attached hydrogen (secondary N) is 1. The Balaban J connectivity index is 2.22. The van der Waals surface area contributed by atoms with Gasteiger partial charge in [-0.1, -0.05) is 30.0 Å². The van der Waals surface area contributed by atoms with E-state index < -0.39 is 0 Å². The van der Waals surface area contributed by atoms with Gasteiger partial charge in [0.2, 0.25) is 0 Å². The molecule has 6 heteroatoms. The van der Waals surface area contributed by atoms with Crippen molar-refractivity contribution in [2.75, 3.05) is 7.11 Å². The summed E-state index contributed by atoms with van der Waals surface area (Å²) in [6.07, 6.45) is 0. The number of para-hydroxylation sites is 1. The average Bonchev–Trinajstić information content (AvgIpc) is 2.83. The molecule has 1 aliphatic heterocycles. The molecule has 0 spiro atoms. The van der Waals surface area contributed by atoms with Crippen LogP contribution in [0.2, 0.25) is 0 Å². The number of benzene rings is 1. The number of rotatable bonds is 3. The quantitative estimate of drug-likeness (QED) is 0.940. The average molecular weight is 317 g/mol. The number of aromatic amines is 1. The van der Waals surface area contributed by atoms with Gasteiger partial charge in [0.25, 0.3) is 5.56 Å². The van der Waals surface area contributed by atoms with E-state index in [9.17, 15) is 4.79 Å². The second-order valence-electron chi connectivity index (χ2n) is 5.51. The minimum atomic E-state index is -0.104. The van der Waals surface area contributed by atoms with Crippen LogP contribution in [0.15, 0.2) is 34.1 Å². The molecular weight excluding hydrogens is 298 g/mol. The van der Waals surface area contributed by atoms with E-state index in [1.807, 2.05) is 49.7 Å². The van der Waals surface area contributed by atoms with Crippen molar-refractivity contribution in [2.45, 2.75) is 32.1 Å². The molecular formula is C16H19N3O2S. The fourth-order valence-corrected chi connectivity index (χ4v) is 3.82. The first-order chi connectivity index (χ1) is 10.5. The summed E-state index contributed by atoms with van der Waals surface area (Å²) in [5.74, 6) is 1.52. The number of ether oxygens (including phenoxy) is 1. The highest BCUT2D eigenvalue weighted by molar-refractivity contribution is 8.14. The summed E-state index contributed by atoms with van der Waals surface area (Å²) in [7, 11) is 1.65. The van der Waals surface area contributed by atoms with E-state index in [0.29, 0.717) is 5.56 Å². The predicted octanol–water partition coefficient (Wildman–Crippen LogP) is 3.65. The fourth-order valence-electron chi connectivity index (χ4n) is 2.68. The van der Waals surface area contributed by atoms with Crippen LogP contribution in [0, 0.1) is 0 Å². The number of hydrogen-bond acceptors (Lipinski definition) is 4. The molecule has 0 saturated carbocycles. The van der Waals surface area contributed by atoms with E-state index in [1.165, 1.54) is 0 Å². The summed E-state index contributed by atoms with van der Waals surface area (Å²) in [6, 6.07) is 7.97. The van der Waals surface area contributed by atoms with Crippen LogP contribution in [0.25, 0.3) is 0 Å². The number of aliphatic imine (C=N–C) groups is 1. The highest BCUT2D eigenvalue weighted by Gasteiger charge is 2.32. The van der Waals surface area contributed by atoms with E-state index in [0.717, 1.165) is 22.2 Å². The topological polar surface area (TPSA) is 59.4 Å². The minimum Gasteiger partial charge on any atom is -0.496 e. The highest BCUT2D eigenvalue weighted by atomic mass is 32.2. The van der Waals surface area contributed by atoms with Crippen LogP contribution in [0.5, 0.6) is 5.75 Å². The monoisotopic (exact) mass is 317 g/mol. The lowest BCUT2D eigenvalue weighted by molar-refractivity contribution is 0.410. The normalized spacial score (nSPS) is 17.3. The van der Waals surface area contributed by atoms with E-state index in [2.05, 4.69) is 10.1 Å². The summed E-state index contributed by atoms with van der Waals surface area (Å²) in [6.45, 7) is 6.03. The Kier molecular flexibility index (Phi) is 3.87. The van der Waals surface area contributed by atoms with Gasteiger partial charge in [-0.3, -0.25) is 14.6 Å². The highest BCUT2D eigenvalue weighted by Crippen LogP contribution is 2.46. The third-order valence-corrected chi connectivity index (χ3v) is 4.85. The lowest BCUT2D eigenvalue weighted by Gasteiger charge is -2.22. The van der Waals surface area contributed by atoms with Crippen LogP contribution < -0.4 is 10.3 Å². The number of nitrogens with zero attached hydrogens (tertiary/aromatic N) is 2. The first-order valence-electron chi connectivity index (χ1n) is 7.22. The van der Waals surface area contributed by atoms with Gasteiger partial charge in [-0.15, -0.1) is 0 Å². The van der Waals surface area contributed by atoms with Crippen LogP contribution in [0.4, 0.5) is 5.82 Å². The predicted molar refractivity (Wildman–Crippen MR) is 90.6 cm³/mol. The molecule has 1 N–H and O–H groups in total. The molecule has 1 aliphatic rings. The van der Waals surface area contributed by atoms with Crippen molar-refractivity contribution in [3.63, 3.8) is 0 Å². The third-order valence-electron chi connectivity index (χ3n) is 3.69. The van der Waals surface area contributed by atoms with E-state index in [4.69, 9.17) is 4.74 Å². The van der Waals surface area contributed by atoms with Crippen molar-refractivity contribution in [1.82, 2.24) is 9.78 Å². The molecule has 1 aromatic heterocycles. The molecule has 1 aromatic carbocycles. The summed E-state index contributed by atoms with van der Waals surface area (Å²) in [5.41, 5.74) is 1.62. The summed E-state index contributed by atoms with van der Waals surface area (Å²) in [5, 5.41) is 3.75. The molecule has 2 aromatic rings. The van der Waals surface area contributed by atoms with E-state index in [1.54, 1.807) is 18.9 Å². The second-order valence-corrected chi connectivity index (χ2v) is 6.81. The molecule has 1 atom stereocenters. The molecule has 0 radical (unpaired) electrons. The standard InChI is InChI=1S/C16H19N3O2S/c1-9(2)19-15-13(16(20)18-19)14(22-10(3)17-15)11-7-5-6-8-12(11)21-4/h5-9,14H,1-4H3,(H,18,20)/t14-/m1/s1. The van der Waals surface area contributed by atoms with Gasteiger partial charge in [-0.05, 0) is 26.8 Å². The van der Waals surface area contributed by atoms with Crippen LogP contribution in [0.3, 0.4) is 0 Å². The maximum absolute atomic E-state index is 12.5. The van der Waals surface area contributed by atoms with E-state index >= 15 is 0 Å². The summed E-state index contributed by atoms with van der Waals surface area (Å²) < 4.78 is 7.31. The van der Waals surface area contributed by atoms with Crippen LogP contribution >= 0.6 is 11.8 Å². The van der Waals surface area contributed by atoms with Crippen molar-refractivity contribution in [2.24, 2.45) is 4.99 Å². The lowest BCUT2D eigenvalue weighted by Crippen LogP contribution is -2.14. The van der Waals surface area contributed by atoms with Gasteiger partial charge in [0, 0.05) is 11.6 Å². The molecule has 3 rings (SSSR count). The van der Waals surface area contributed by atoms with Crippen LogP contribution in [-0.2, 0) is 0 Å². The number of hydrogen-bond donors (Lipinski definition) is 1. The van der Waals surface area contributed by atoms with Gasteiger partial charge in [-0.25, -0.2) is 4.99 Å². The Bertz CT molecular complexity index is 789. The maximum atomic E-state index is 12.5. The number of fused-ring (bicyclic) bond motifs is 1. The molecule has 2 heterocycles. The Morgan fingerprint density at radius 1 is 1.36 bits per heavy atom. The van der Waals surface area contributed by atoms with Gasteiger partial charge in [0.1, 0.15) is 5.75 Å². The van der Waals surface area contributed by atoms with E-state index in [-0.39, 0.29) is 16.9 Å². The zero-order valence-corrected chi connectivity index (χ0v) is 13.9. The van der Waals surface area contributed by atoms with Crippen LogP contribution in [0.1, 0.15) is 43.2 Å². The smallest absolute Gasteiger partial charge is 0.271 e. The minimum absolute atomic E-state index is 0.0802. The molecule has 0 amide bonds. The van der Waals surface area contributed by atoms with Crippen molar-refractivity contribution in [3.05, 3.63) is 45.7 Å². The van der Waals surface area contributed by atoms with Crippen LogP contribution in [-0.4, -0.2) is 21.9 Å². The number of H-pyrrole nitrogens is 1. The Labute approximate surface area is 133 Å². The number of thioether (sulfide) groups is 1. The van der Waals surface area contributed by atoms with Crippen molar-refractivity contribution < 1.29 is 4.74 Å². The summed E-state index contributed by atoms with van der Waals surface area (Å²) in [4.78, 5) is 17.1. The number of aromatic nitrogens is 2. The van der Waals surface area contributed by atoms with Gasteiger partial charge in [0.05, 0.1) is 23.0 Å². The van der Waals surface area contributed by atoms with Crippen molar-refractivity contribution in [3.8, 4) is 5.75 Å². The first kappa shape index (κ1) is 15.0. The molecule has 0 fully saturated rings. The maximum Gasteiger partial charge on any atom is 0.271 e. The molecule has 116 valence electrons. The molecule has 5 nitrogen and oxygen atoms in total. The lowest BCUT2D eigenvalue weighted by atomic mass is 10.0.